The summed E-state index contributed by atoms with van der Waals surface area (Å²) in [4.78, 5) is 3.65. The van der Waals surface area contributed by atoms with Crippen LogP contribution in [0.25, 0.3) is 0 Å². The Kier molecular flexibility index (Phi) is 4.96. The summed E-state index contributed by atoms with van der Waals surface area (Å²) in [5, 5.41) is 2.11. The highest BCUT2D eigenvalue weighted by molar-refractivity contribution is 7.09. The standard InChI is InChI=1S/C15H20N2OS/c1-17(11-14-4-3-7-19-14)10-13-8-12(9-16)5-6-15(13)18-2/h3-8H,9-11,16H2,1-2H3. The lowest BCUT2D eigenvalue weighted by atomic mass is 10.1. The van der Waals surface area contributed by atoms with Gasteiger partial charge in [0.2, 0.25) is 0 Å². The van der Waals surface area contributed by atoms with E-state index in [4.69, 9.17) is 10.5 Å². The van der Waals surface area contributed by atoms with Crippen LogP contribution in [0.5, 0.6) is 5.75 Å². The van der Waals surface area contributed by atoms with Crippen molar-refractivity contribution in [3.05, 3.63) is 51.7 Å². The monoisotopic (exact) mass is 276 g/mol. The molecule has 102 valence electrons. The minimum Gasteiger partial charge on any atom is -0.496 e. The van der Waals surface area contributed by atoms with Gasteiger partial charge in [0.1, 0.15) is 5.75 Å². The Bertz CT molecular complexity index is 511. The second-order valence-corrected chi connectivity index (χ2v) is 5.63. The predicted molar refractivity (Wildman–Crippen MR) is 80.4 cm³/mol. The van der Waals surface area contributed by atoms with E-state index in [2.05, 4.69) is 35.5 Å². The highest BCUT2D eigenvalue weighted by Gasteiger charge is 2.08. The lowest BCUT2D eigenvalue weighted by Crippen LogP contribution is -2.17. The summed E-state index contributed by atoms with van der Waals surface area (Å²) >= 11 is 1.79. The molecule has 2 N–H and O–H groups in total. The van der Waals surface area contributed by atoms with Crippen LogP contribution in [0.1, 0.15) is 16.0 Å². The number of benzene rings is 1. The molecule has 0 bridgehead atoms. The summed E-state index contributed by atoms with van der Waals surface area (Å²) < 4.78 is 5.42. The van der Waals surface area contributed by atoms with Gasteiger partial charge in [-0.05, 0) is 36.2 Å². The first-order valence-corrected chi connectivity index (χ1v) is 7.17. The highest BCUT2D eigenvalue weighted by atomic mass is 32.1. The second-order valence-electron chi connectivity index (χ2n) is 4.60. The summed E-state index contributed by atoms with van der Waals surface area (Å²) in [5.74, 6) is 0.926. The predicted octanol–water partition coefficient (Wildman–Crippen LogP) is 2.85. The molecule has 0 spiro atoms. The van der Waals surface area contributed by atoms with Gasteiger partial charge in [0, 0.05) is 30.1 Å². The molecular formula is C15H20N2OS. The molecule has 2 aromatic rings. The smallest absolute Gasteiger partial charge is 0.123 e. The van der Waals surface area contributed by atoms with E-state index in [9.17, 15) is 0 Å². The van der Waals surface area contributed by atoms with E-state index >= 15 is 0 Å². The molecule has 19 heavy (non-hydrogen) atoms. The maximum Gasteiger partial charge on any atom is 0.123 e. The van der Waals surface area contributed by atoms with Gasteiger partial charge in [-0.15, -0.1) is 11.3 Å². The molecule has 1 aromatic heterocycles. The van der Waals surface area contributed by atoms with Gasteiger partial charge in [0.25, 0.3) is 0 Å². The van der Waals surface area contributed by atoms with Gasteiger partial charge in [-0.1, -0.05) is 12.1 Å². The van der Waals surface area contributed by atoms with Crippen molar-refractivity contribution in [3.63, 3.8) is 0 Å². The van der Waals surface area contributed by atoms with Crippen molar-refractivity contribution >= 4 is 11.3 Å². The zero-order valence-corrected chi connectivity index (χ0v) is 12.2. The summed E-state index contributed by atoms with van der Waals surface area (Å²) in [7, 11) is 3.83. The molecule has 0 radical (unpaired) electrons. The number of ether oxygens (including phenoxy) is 1. The number of hydrogen-bond donors (Lipinski definition) is 1. The molecule has 3 nitrogen and oxygen atoms in total. The molecule has 0 amide bonds. The molecule has 0 saturated carbocycles. The zero-order chi connectivity index (χ0) is 13.7. The van der Waals surface area contributed by atoms with Crippen molar-refractivity contribution in [2.45, 2.75) is 19.6 Å². The van der Waals surface area contributed by atoms with Crippen LogP contribution < -0.4 is 10.5 Å². The van der Waals surface area contributed by atoms with Crippen molar-refractivity contribution in [1.82, 2.24) is 4.90 Å². The van der Waals surface area contributed by atoms with Crippen LogP contribution in [-0.4, -0.2) is 19.1 Å². The average molecular weight is 276 g/mol. The van der Waals surface area contributed by atoms with Crippen LogP contribution >= 0.6 is 11.3 Å². The Morgan fingerprint density at radius 3 is 2.74 bits per heavy atom. The fraction of sp³-hybridized carbons (Fsp3) is 0.333. The minimum absolute atomic E-state index is 0.561. The summed E-state index contributed by atoms with van der Waals surface area (Å²) in [5.41, 5.74) is 8.02. The van der Waals surface area contributed by atoms with Crippen molar-refractivity contribution in [2.24, 2.45) is 5.73 Å². The molecule has 0 fully saturated rings. The summed E-state index contributed by atoms with van der Waals surface area (Å²) in [6.45, 7) is 2.37. The van der Waals surface area contributed by atoms with Crippen molar-refractivity contribution in [3.8, 4) is 5.75 Å². The lowest BCUT2D eigenvalue weighted by molar-refractivity contribution is 0.312. The number of methoxy groups -OCH3 is 1. The summed E-state index contributed by atoms with van der Waals surface area (Å²) in [6.07, 6.45) is 0. The number of thiophene rings is 1. The Morgan fingerprint density at radius 2 is 2.11 bits per heavy atom. The molecule has 4 heteroatoms. The number of hydrogen-bond acceptors (Lipinski definition) is 4. The Hall–Kier alpha value is -1.36. The minimum atomic E-state index is 0.561. The molecule has 1 aromatic carbocycles. The van der Waals surface area contributed by atoms with Crippen LogP contribution in [0, 0.1) is 0 Å². The second kappa shape index (κ2) is 6.70. The maximum absolute atomic E-state index is 5.70. The Morgan fingerprint density at radius 1 is 1.26 bits per heavy atom. The molecule has 0 atom stereocenters. The topological polar surface area (TPSA) is 38.5 Å². The fourth-order valence-electron chi connectivity index (χ4n) is 2.10. The van der Waals surface area contributed by atoms with E-state index in [1.54, 1.807) is 18.4 Å². The summed E-state index contributed by atoms with van der Waals surface area (Å²) in [6, 6.07) is 10.4. The van der Waals surface area contributed by atoms with Crippen LogP contribution in [0.2, 0.25) is 0 Å². The van der Waals surface area contributed by atoms with Gasteiger partial charge in [-0.25, -0.2) is 0 Å². The van der Waals surface area contributed by atoms with Crippen LogP contribution in [0.3, 0.4) is 0 Å². The number of nitrogens with two attached hydrogens (primary N) is 1. The average Bonchev–Trinajstić information content (AvgIpc) is 2.91. The van der Waals surface area contributed by atoms with Gasteiger partial charge in [-0.3, -0.25) is 4.90 Å². The number of rotatable bonds is 6. The molecule has 0 aliphatic carbocycles. The first kappa shape index (κ1) is 14.1. The van der Waals surface area contributed by atoms with Crippen molar-refractivity contribution in [1.29, 1.82) is 0 Å². The Labute approximate surface area is 118 Å². The molecule has 1 heterocycles. The molecular weight excluding hydrogens is 256 g/mol. The fourth-order valence-corrected chi connectivity index (χ4v) is 2.88. The van der Waals surface area contributed by atoms with Crippen molar-refractivity contribution < 1.29 is 4.74 Å². The van der Waals surface area contributed by atoms with Gasteiger partial charge < -0.3 is 10.5 Å². The van der Waals surface area contributed by atoms with E-state index in [0.717, 1.165) is 24.4 Å². The SMILES string of the molecule is COc1ccc(CN)cc1CN(C)Cc1cccs1. The number of nitrogens with zero attached hydrogens (tertiary/aromatic N) is 1. The third-order valence-electron chi connectivity index (χ3n) is 3.03. The van der Waals surface area contributed by atoms with Gasteiger partial charge >= 0.3 is 0 Å². The third kappa shape index (κ3) is 3.80. The molecule has 0 unspecified atom stereocenters. The first-order valence-electron chi connectivity index (χ1n) is 6.29. The van der Waals surface area contributed by atoms with Gasteiger partial charge in [0.15, 0.2) is 0 Å². The highest BCUT2D eigenvalue weighted by Crippen LogP contribution is 2.22. The third-order valence-corrected chi connectivity index (χ3v) is 3.89. The van der Waals surface area contributed by atoms with Gasteiger partial charge in [-0.2, -0.15) is 0 Å². The Balaban J connectivity index is 2.08. The van der Waals surface area contributed by atoms with Crippen molar-refractivity contribution in [2.75, 3.05) is 14.2 Å². The quantitative estimate of drug-likeness (QED) is 0.881. The van der Waals surface area contributed by atoms with Gasteiger partial charge in [0.05, 0.1) is 7.11 Å². The van der Waals surface area contributed by atoms with E-state index in [1.807, 2.05) is 12.1 Å². The van der Waals surface area contributed by atoms with E-state index in [-0.39, 0.29) is 0 Å². The molecule has 0 aliphatic heterocycles. The lowest BCUT2D eigenvalue weighted by Gasteiger charge is -2.18. The normalized spacial score (nSPS) is 10.9. The van der Waals surface area contributed by atoms with Crippen LogP contribution in [-0.2, 0) is 19.6 Å². The largest absolute Gasteiger partial charge is 0.496 e. The first-order chi connectivity index (χ1) is 9.22. The zero-order valence-electron chi connectivity index (χ0n) is 11.4. The van der Waals surface area contributed by atoms with Crippen LogP contribution in [0.4, 0.5) is 0 Å². The maximum atomic E-state index is 5.70. The van der Waals surface area contributed by atoms with E-state index in [0.29, 0.717) is 6.54 Å². The van der Waals surface area contributed by atoms with Crippen LogP contribution in [0.15, 0.2) is 35.7 Å². The molecule has 0 aliphatic rings. The molecule has 0 saturated heterocycles. The molecule has 2 rings (SSSR count). The van der Waals surface area contributed by atoms with E-state index < -0.39 is 0 Å². The van der Waals surface area contributed by atoms with E-state index in [1.165, 1.54) is 10.4 Å².